The maximum atomic E-state index is 12.5. The summed E-state index contributed by atoms with van der Waals surface area (Å²) in [5.74, 6) is 0.754. The molecule has 2 aliphatic heterocycles. The molecule has 0 aromatic heterocycles. The molecule has 0 saturated carbocycles. The third kappa shape index (κ3) is 2.04. The molecule has 0 aliphatic carbocycles. The van der Waals surface area contributed by atoms with Crippen molar-refractivity contribution in [3.63, 3.8) is 0 Å². The Morgan fingerprint density at radius 1 is 1.12 bits per heavy atom. The second kappa shape index (κ2) is 5.24. The number of amides is 1. The fraction of sp³-hybridized carbons (Fsp3) is 0.190. The summed E-state index contributed by atoms with van der Waals surface area (Å²) in [4.78, 5) is 12.5. The number of benzene rings is 3. The van der Waals surface area contributed by atoms with E-state index in [2.05, 4.69) is 45.6 Å². The number of para-hydroxylation sites is 1. The molecule has 26 heavy (non-hydrogen) atoms. The highest BCUT2D eigenvalue weighted by molar-refractivity contribution is 9.10. The summed E-state index contributed by atoms with van der Waals surface area (Å²) in [6.45, 7) is 3.83. The van der Waals surface area contributed by atoms with Gasteiger partial charge >= 0.3 is 0 Å². The number of ether oxygens (including phenoxy) is 1. The topological polar surface area (TPSA) is 41.6 Å². The van der Waals surface area contributed by atoms with E-state index in [-0.39, 0.29) is 5.91 Å². The van der Waals surface area contributed by atoms with E-state index >= 15 is 0 Å². The van der Waals surface area contributed by atoms with Gasteiger partial charge in [0.25, 0.3) is 0 Å². The summed E-state index contributed by atoms with van der Waals surface area (Å²) in [5, 5.41) is 4.13. The molecule has 1 atom stereocenters. The number of fused-ring (bicyclic) bond motifs is 7. The van der Waals surface area contributed by atoms with Crippen molar-refractivity contribution in [2.45, 2.75) is 20.1 Å². The molecule has 2 aliphatic rings. The number of carbonyl (C=O) groups excluding carboxylic acids is 1. The molecule has 5 heteroatoms. The number of rotatable bonds is 0. The minimum atomic E-state index is -0.666. The van der Waals surface area contributed by atoms with Crippen molar-refractivity contribution >= 4 is 38.3 Å². The van der Waals surface area contributed by atoms with E-state index in [1.807, 2.05) is 49.2 Å². The summed E-state index contributed by atoms with van der Waals surface area (Å²) in [6.07, 6.45) is -0.415. The largest absolute Gasteiger partial charge is 0.467 e. The van der Waals surface area contributed by atoms with Crippen LogP contribution >= 0.6 is 15.9 Å². The molecule has 1 saturated heterocycles. The van der Waals surface area contributed by atoms with Gasteiger partial charge in [-0.2, -0.15) is 0 Å². The highest BCUT2D eigenvalue weighted by atomic mass is 79.9. The van der Waals surface area contributed by atoms with Crippen LogP contribution in [0.1, 0.15) is 13.8 Å². The van der Waals surface area contributed by atoms with Gasteiger partial charge in [-0.05, 0) is 48.9 Å². The number of anilines is 1. The Balaban J connectivity index is 1.87. The van der Waals surface area contributed by atoms with Crippen molar-refractivity contribution in [1.82, 2.24) is 5.43 Å². The summed E-state index contributed by atoms with van der Waals surface area (Å²) >= 11 is 3.59. The zero-order chi connectivity index (χ0) is 18.1. The monoisotopic (exact) mass is 408 g/mol. The van der Waals surface area contributed by atoms with E-state index in [1.54, 1.807) is 0 Å². The lowest BCUT2D eigenvalue weighted by Crippen LogP contribution is -2.43. The van der Waals surface area contributed by atoms with Crippen molar-refractivity contribution in [2.75, 3.05) is 5.01 Å². The fourth-order valence-electron chi connectivity index (χ4n) is 3.80. The van der Waals surface area contributed by atoms with Crippen LogP contribution in [-0.4, -0.2) is 12.1 Å². The molecule has 1 fully saturated rings. The Morgan fingerprint density at radius 2 is 1.88 bits per heavy atom. The minimum Gasteiger partial charge on any atom is -0.467 e. The minimum absolute atomic E-state index is 0.0377. The summed E-state index contributed by atoms with van der Waals surface area (Å²) < 4.78 is 7.45. The van der Waals surface area contributed by atoms with E-state index in [1.165, 1.54) is 0 Å². The third-order valence-corrected chi connectivity index (χ3v) is 5.77. The zero-order valence-electron chi connectivity index (χ0n) is 14.4. The Kier molecular flexibility index (Phi) is 3.16. The van der Waals surface area contributed by atoms with Crippen molar-refractivity contribution in [2.24, 2.45) is 5.41 Å². The van der Waals surface area contributed by atoms with Crippen LogP contribution in [0.3, 0.4) is 0 Å². The second-order valence-corrected chi connectivity index (χ2v) is 8.24. The molecule has 0 bridgehead atoms. The first-order chi connectivity index (χ1) is 12.5. The molecule has 1 unspecified atom stereocenters. The number of hydrogen-bond acceptors (Lipinski definition) is 3. The average Bonchev–Trinajstić information content (AvgIpc) is 2.77. The Labute approximate surface area is 159 Å². The van der Waals surface area contributed by atoms with Gasteiger partial charge in [0.2, 0.25) is 12.1 Å². The highest BCUT2D eigenvalue weighted by Gasteiger charge is 2.51. The Hall–Kier alpha value is -2.53. The lowest BCUT2D eigenvalue weighted by Gasteiger charge is -2.29. The molecule has 3 aromatic carbocycles. The molecule has 0 radical (unpaired) electrons. The van der Waals surface area contributed by atoms with Gasteiger partial charge in [0, 0.05) is 15.6 Å². The van der Waals surface area contributed by atoms with Crippen LogP contribution < -0.4 is 15.2 Å². The molecule has 5 rings (SSSR count). The highest BCUT2D eigenvalue weighted by Crippen LogP contribution is 2.48. The maximum Gasteiger partial charge on any atom is 0.250 e. The fourth-order valence-corrected chi connectivity index (χ4v) is 4.16. The average molecular weight is 409 g/mol. The predicted molar refractivity (Wildman–Crippen MR) is 106 cm³/mol. The smallest absolute Gasteiger partial charge is 0.250 e. The molecular weight excluding hydrogens is 392 g/mol. The summed E-state index contributed by atoms with van der Waals surface area (Å²) in [6, 6.07) is 18.4. The van der Waals surface area contributed by atoms with Crippen molar-refractivity contribution in [1.29, 1.82) is 0 Å². The Morgan fingerprint density at radius 3 is 2.73 bits per heavy atom. The van der Waals surface area contributed by atoms with Crippen molar-refractivity contribution in [3.8, 4) is 16.9 Å². The summed E-state index contributed by atoms with van der Waals surface area (Å²) in [5.41, 5.74) is 5.38. The first-order valence-corrected chi connectivity index (χ1v) is 9.35. The SMILES string of the molecule is CC1(C)C(=O)NN2c3ccccc3-c3c(ccc4ccc(Br)cc34)OC21. The molecule has 1 amide bonds. The number of hydrazine groups is 1. The quantitative estimate of drug-likeness (QED) is 0.576. The molecule has 1 N–H and O–H groups in total. The van der Waals surface area contributed by atoms with Gasteiger partial charge in [0.1, 0.15) is 11.2 Å². The molecule has 0 spiro atoms. The van der Waals surface area contributed by atoms with Crippen LogP contribution in [0.5, 0.6) is 5.75 Å². The molecule has 130 valence electrons. The van der Waals surface area contributed by atoms with E-state index in [0.717, 1.165) is 37.8 Å². The number of carbonyl (C=O) groups is 1. The standard InChI is InChI=1S/C21H17BrN2O2/c1-21(2)19(25)23-24-16-6-4-3-5-14(16)18-15-11-13(22)9-7-12(15)8-10-17(18)26-20(21)24/h3-11,20H,1-2H3,(H,23,25). The summed E-state index contributed by atoms with van der Waals surface area (Å²) in [7, 11) is 0. The van der Waals surface area contributed by atoms with Crippen LogP contribution in [0, 0.1) is 5.41 Å². The maximum absolute atomic E-state index is 12.5. The van der Waals surface area contributed by atoms with Gasteiger partial charge < -0.3 is 4.74 Å². The number of halogens is 1. The molecular formula is C21H17BrN2O2. The van der Waals surface area contributed by atoms with E-state index in [4.69, 9.17) is 4.74 Å². The van der Waals surface area contributed by atoms with Crippen LogP contribution in [0.2, 0.25) is 0 Å². The Bertz CT molecular complexity index is 1080. The van der Waals surface area contributed by atoms with E-state index in [0.29, 0.717) is 0 Å². The van der Waals surface area contributed by atoms with Gasteiger partial charge in [-0.15, -0.1) is 0 Å². The number of nitrogens with zero attached hydrogens (tertiary/aromatic N) is 1. The third-order valence-electron chi connectivity index (χ3n) is 5.28. The normalized spacial score (nSPS) is 19.9. The molecule has 4 nitrogen and oxygen atoms in total. The van der Waals surface area contributed by atoms with E-state index < -0.39 is 11.6 Å². The number of hydrogen-bond donors (Lipinski definition) is 1. The van der Waals surface area contributed by atoms with Gasteiger partial charge in [0.15, 0.2) is 0 Å². The van der Waals surface area contributed by atoms with Crippen LogP contribution in [0.15, 0.2) is 59.1 Å². The number of nitrogens with one attached hydrogen (secondary N) is 1. The zero-order valence-corrected chi connectivity index (χ0v) is 16.0. The van der Waals surface area contributed by atoms with E-state index in [9.17, 15) is 4.79 Å². The van der Waals surface area contributed by atoms with Crippen LogP contribution in [-0.2, 0) is 4.79 Å². The van der Waals surface area contributed by atoms with Crippen LogP contribution in [0.4, 0.5) is 5.69 Å². The first-order valence-electron chi connectivity index (χ1n) is 8.55. The van der Waals surface area contributed by atoms with Gasteiger partial charge in [0.05, 0.1) is 5.69 Å². The lowest BCUT2D eigenvalue weighted by atomic mass is 9.91. The molecule has 3 aromatic rings. The molecule has 2 heterocycles. The van der Waals surface area contributed by atoms with Gasteiger partial charge in [-0.1, -0.05) is 46.3 Å². The second-order valence-electron chi connectivity index (χ2n) is 7.32. The lowest BCUT2D eigenvalue weighted by molar-refractivity contribution is -0.128. The van der Waals surface area contributed by atoms with Crippen molar-refractivity contribution < 1.29 is 9.53 Å². The van der Waals surface area contributed by atoms with Crippen LogP contribution in [0.25, 0.3) is 21.9 Å². The van der Waals surface area contributed by atoms with Gasteiger partial charge in [-0.25, -0.2) is 5.01 Å². The van der Waals surface area contributed by atoms with Crippen molar-refractivity contribution in [3.05, 3.63) is 59.1 Å². The van der Waals surface area contributed by atoms with Gasteiger partial charge in [-0.3, -0.25) is 10.2 Å². The predicted octanol–water partition coefficient (Wildman–Crippen LogP) is 4.87. The first kappa shape index (κ1) is 15.7.